The Morgan fingerprint density at radius 3 is 2.45 bits per heavy atom. The molecule has 1 N–H and O–H groups in total. The normalized spacial score (nSPS) is 12.8. The minimum Gasteiger partial charge on any atom is -0.349 e. The SMILES string of the molecule is CCC(=Cc1cnc(N(CC)CC)s1)CNC(C)(C)C. The average molecular weight is 295 g/mol. The Kier molecular flexibility index (Phi) is 6.69. The lowest BCUT2D eigenvalue weighted by Crippen LogP contribution is -2.36. The Morgan fingerprint density at radius 2 is 1.95 bits per heavy atom. The maximum absolute atomic E-state index is 4.53. The van der Waals surface area contributed by atoms with Crippen LogP contribution in [0.2, 0.25) is 0 Å². The molecule has 4 heteroatoms. The standard InChI is InChI=1S/C16H29N3S/c1-7-13(11-18-16(4,5)6)10-14-12-17-15(20-14)19(8-2)9-3/h10,12,18H,7-9,11H2,1-6H3. The molecular weight excluding hydrogens is 266 g/mol. The van der Waals surface area contributed by atoms with Crippen molar-refractivity contribution in [2.75, 3.05) is 24.5 Å². The maximum Gasteiger partial charge on any atom is 0.185 e. The highest BCUT2D eigenvalue weighted by Gasteiger charge is 2.10. The van der Waals surface area contributed by atoms with Crippen LogP contribution < -0.4 is 10.2 Å². The smallest absolute Gasteiger partial charge is 0.185 e. The molecule has 0 amide bonds. The van der Waals surface area contributed by atoms with Gasteiger partial charge >= 0.3 is 0 Å². The first-order chi connectivity index (χ1) is 9.39. The first kappa shape index (κ1) is 17.2. The molecule has 0 spiro atoms. The van der Waals surface area contributed by atoms with Crippen LogP contribution in [0.1, 0.15) is 52.8 Å². The van der Waals surface area contributed by atoms with E-state index in [9.17, 15) is 0 Å². The van der Waals surface area contributed by atoms with E-state index in [2.05, 4.69) is 62.8 Å². The van der Waals surface area contributed by atoms with E-state index in [1.807, 2.05) is 6.20 Å². The monoisotopic (exact) mass is 295 g/mol. The Hall–Kier alpha value is -0.870. The molecule has 1 heterocycles. The molecule has 0 aliphatic rings. The summed E-state index contributed by atoms with van der Waals surface area (Å²) in [6.07, 6.45) is 5.34. The molecule has 0 bridgehead atoms. The molecule has 0 aromatic carbocycles. The first-order valence-electron chi connectivity index (χ1n) is 7.54. The van der Waals surface area contributed by atoms with Crippen molar-refractivity contribution < 1.29 is 0 Å². The summed E-state index contributed by atoms with van der Waals surface area (Å²) in [5.74, 6) is 0. The largest absolute Gasteiger partial charge is 0.349 e. The molecule has 1 aromatic heterocycles. The van der Waals surface area contributed by atoms with Gasteiger partial charge in [0.15, 0.2) is 5.13 Å². The molecule has 1 aromatic rings. The zero-order chi connectivity index (χ0) is 15.2. The molecule has 1 rings (SSSR count). The number of thiazole rings is 1. The second kappa shape index (κ2) is 7.79. The lowest BCUT2D eigenvalue weighted by Gasteiger charge is -2.21. The van der Waals surface area contributed by atoms with Crippen molar-refractivity contribution >= 4 is 22.5 Å². The van der Waals surface area contributed by atoms with E-state index in [4.69, 9.17) is 0 Å². The van der Waals surface area contributed by atoms with Gasteiger partial charge in [0.25, 0.3) is 0 Å². The minimum atomic E-state index is 0.161. The van der Waals surface area contributed by atoms with Crippen LogP contribution in [0.25, 0.3) is 6.08 Å². The van der Waals surface area contributed by atoms with E-state index in [0.29, 0.717) is 0 Å². The van der Waals surface area contributed by atoms with Gasteiger partial charge in [-0.1, -0.05) is 23.8 Å². The summed E-state index contributed by atoms with van der Waals surface area (Å²) in [7, 11) is 0. The number of anilines is 1. The van der Waals surface area contributed by atoms with E-state index in [1.54, 1.807) is 11.3 Å². The summed E-state index contributed by atoms with van der Waals surface area (Å²) in [5.41, 5.74) is 1.59. The van der Waals surface area contributed by atoms with Crippen LogP contribution in [0.15, 0.2) is 11.8 Å². The molecule has 3 nitrogen and oxygen atoms in total. The minimum absolute atomic E-state index is 0.161. The van der Waals surface area contributed by atoms with Crippen molar-refractivity contribution in [1.29, 1.82) is 0 Å². The number of nitrogens with zero attached hydrogens (tertiary/aromatic N) is 2. The second-order valence-electron chi connectivity index (χ2n) is 5.98. The van der Waals surface area contributed by atoms with Crippen molar-refractivity contribution in [2.24, 2.45) is 0 Å². The van der Waals surface area contributed by atoms with Gasteiger partial charge < -0.3 is 10.2 Å². The van der Waals surface area contributed by atoms with Crippen LogP contribution in [0.3, 0.4) is 0 Å². The number of hydrogen-bond acceptors (Lipinski definition) is 4. The van der Waals surface area contributed by atoms with Gasteiger partial charge in [0.2, 0.25) is 0 Å². The van der Waals surface area contributed by atoms with Crippen LogP contribution >= 0.6 is 11.3 Å². The molecule has 0 saturated carbocycles. The van der Waals surface area contributed by atoms with E-state index in [0.717, 1.165) is 31.2 Å². The Labute approximate surface area is 128 Å². The van der Waals surface area contributed by atoms with Crippen LogP contribution in [-0.2, 0) is 0 Å². The van der Waals surface area contributed by atoms with Gasteiger partial charge in [0.05, 0.1) is 0 Å². The van der Waals surface area contributed by atoms with Gasteiger partial charge in [-0.2, -0.15) is 0 Å². The highest BCUT2D eigenvalue weighted by atomic mass is 32.1. The maximum atomic E-state index is 4.53. The van der Waals surface area contributed by atoms with E-state index >= 15 is 0 Å². The highest BCUT2D eigenvalue weighted by Crippen LogP contribution is 2.24. The average Bonchev–Trinajstić information content (AvgIpc) is 2.83. The summed E-state index contributed by atoms with van der Waals surface area (Å²) in [4.78, 5) is 8.08. The highest BCUT2D eigenvalue weighted by molar-refractivity contribution is 7.16. The third kappa shape index (κ3) is 5.63. The van der Waals surface area contributed by atoms with Gasteiger partial charge in [0.1, 0.15) is 0 Å². The lowest BCUT2D eigenvalue weighted by molar-refractivity contribution is 0.443. The summed E-state index contributed by atoms with van der Waals surface area (Å²) < 4.78 is 0. The third-order valence-electron chi connectivity index (χ3n) is 3.19. The van der Waals surface area contributed by atoms with Crippen LogP contribution in [0, 0.1) is 0 Å². The molecule has 0 atom stereocenters. The Balaban J connectivity index is 2.75. The van der Waals surface area contributed by atoms with Gasteiger partial charge in [-0.3, -0.25) is 0 Å². The summed E-state index contributed by atoms with van der Waals surface area (Å²) in [6.45, 7) is 16.1. The molecule has 0 aliphatic heterocycles. The summed E-state index contributed by atoms with van der Waals surface area (Å²) in [6, 6.07) is 0. The van der Waals surface area contributed by atoms with Gasteiger partial charge in [-0.15, -0.1) is 0 Å². The predicted octanol–water partition coefficient (Wildman–Crippen LogP) is 4.17. The molecule has 0 radical (unpaired) electrons. The predicted molar refractivity (Wildman–Crippen MR) is 91.7 cm³/mol. The fourth-order valence-electron chi connectivity index (χ4n) is 1.84. The molecule has 114 valence electrons. The molecule has 0 fully saturated rings. The first-order valence-corrected chi connectivity index (χ1v) is 8.36. The van der Waals surface area contributed by atoms with Crippen molar-refractivity contribution in [3.05, 3.63) is 16.6 Å². The van der Waals surface area contributed by atoms with Crippen LogP contribution in [-0.4, -0.2) is 30.2 Å². The van der Waals surface area contributed by atoms with Crippen molar-refractivity contribution in [1.82, 2.24) is 10.3 Å². The molecule has 0 aliphatic carbocycles. The number of rotatable bonds is 7. The van der Waals surface area contributed by atoms with Gasteiger partial charge in [-0.05, 0) is 47.1 Å². The molecule has 0 unspecified atom stereocenters. The van der Waals surface area contributed by atoms with Gasteiger partial charge in [-0.25, -0.2) is 4.98 Å². The zero-order valence-corrected chi connectivity index (χ0v) is 14.6. The summed E-state index contributed by atoms with van der Waals surface area (Å²) >= 11 is 1.78. The molecule has 0 saturated heterocycles. The Morgan fingerprint density at radius 1 is 1.30 bits per heavy atom. The second-order valence-corrected chi connectivity index (χ2v) is 7.02. The van der Waals surface area contributed by atoms with Gasteiger partial charge in [0, 0.05) is 36.2 Å². The van der Waals surface area contributed by atoms with E-state index in [-0.39, 0.29) is 5.54 Å². The lowest BCUT2D eigenvalue weighted by atomic mass is 10.1. The topological polar surface area (TPSA) is 28.2 Å². The zero-order valence-electron chi connectivity index (χ0n) is 13.8. The number of nitrogens with one attached hydrogen (secondary N) is 1. The van der Waals surface area contributed by atoms with E-state index in [1.165, 1.54) is 10.5 Å². The fourth-order valence-corrected chi connectivity index (χ4v) is 2.88. The quantitative estimate of drug-likeness (QED) is 0.818. The van der Waals surface area contributed by atoms with Crippen LogP contribution in [0.4, 0.5) is 5.13 Å². The Bertz CT molecular complexity index is 425. The fraction of sp³-hybridized carbons (Fsp3) is 0.688. The van der Waals surface area contributed by atoms with Crippen molar-refractivity contribution in [3.63, 3.8) is 0 Å². The molecular formula is C16H29N3S. The third-order valence-corrected chi connectivity index (χ3v) is 4.20. The van der Waals surface area contributed by atoms with E-state index < -0.39 is 0 Å². The van der Waals surface area contributed by atoms with Crippen molar-refractivity contribution in [2.45, 2.75) is 53.5 Å². The van der Waals surface area contributed by atoms with Crippen LogP contribution in [0.5, 0.6) is 0 Å². The molecule has 20 heavy (non-hydrogen) atoms. The number of hydrogen-bond donors (Lipinski definition) is 1. The number of aromatic nitrogens is 1. The summed E-state index contributed by atoms with van der Waals surface area (Å²) in [5, 5.41) is 4.68. The van der Waals surface area contributed by atoms with Crippen molar-refractivity contribution in [3.8, 4) is 0 Å².